The molecule has 0 N–H and O–H groups in total. The van der Waals surface area contributed by atoms with Gasteiger partial charge in [0.1, 0.15) is 18.3 Å². The van der Waals surface area contributed by atoms with E-state index in [-0.39, 0.29) is 36.2 Å². The van der Waals surface area contributed by atoms with Crippen LogP contribution in [0.1, 0.15) is 280 Å². The number of rotatable bonds is 44. The van der Waals surface area contributed by atoms with E-state index in [1.54, 1.807) is 0 Å². The molecule has 362 valence electrons. The molecule has 0 aliphatic carbocycles. The number of unbranched alkanes of at least 4 members (excludes halogenated alkanes) is 20. The van der Waals surface area contributed by atoms with Crippen molar-refractivity contribution in [2.75, 3.05) is 20.6 Å². The maximum Gasteiger partial charge on any atom is 0.311 e. The van der Waals surface area contributed by atoms with E-state index in [4.69, 9.17) is 14.2 Å². The first-order chi connectivity index (χ1) is 29.2. The Kier molecular flexibility index (Phi) is 37.8. The molecule has 7 nitrogen and oxygen atoms in total. The Morgan fingerprint density at radius 3 is 0.967 bits per heavy atom. The number of hydrogen-bond acceptors (Lipinski definition) is 7. The third kappa shape index (κ3) is 34.5. The van der Waals surface area contributed by atoms with E-state index in [1.165, 1.54) is 103 Å². The van der Waals surface area contributed by atoms with Crippen LogP contribution in [0.4, 0.5) is 0 Å². The van der Waals surface area contributed by atoms with Gasteiger partial charge in [-0.05, 0) is 132 Å². The number of esters is 3. The predicted octanol–water partition coefficient (Wildman–Crippen LogP) is 16.1. The summed E-state index contributed by atoms with van der Waals surface area (Å²) in [4.78, 5) is 41.8. The van der Waals surface area contributed by atoms with E-state index in [1.807, 2.05) is 46.7 Å². The average Bonchev–Trinajstić information content (AvgIpc) is 3.21. The van der Waals surface area contributed by atoms with Crippen LogP contribution in [0.3, 0.4) is 0 Å². The lowest BCUT2D eigenvalue weighted by Crippen LogP contribution is -2.31. The summed E-state index contributed by atoms with van der Waals surface area (Å²) in [5.74, 6) is -0.209. The van der Waals surface area contributed by atoms with Gasteiger partial charge in [-0.1, -0.05) is 156 Å². The highest BCUT2D eigenvalue weighted by atomic mass is 16.6. The van der Waals surface area contributed by atoms with Crippen molar-refractivity contribution < 1.29 is 28.6 Å². The van der Waals surface area contributed by atoms with Crippen molar-refractivity contribution in [2.24, 2.45) is 10.8 Å². The van der Waals surface area contributed by atoms with Gasteiger partial charge >= 0.3 is 17.9 Å². The van der Waals surface area contributed by atoms with Crippen molar-refractivity contribution >= 4 is 17.9 Å². The molecule has 0 aromatic rings. The fourth-order valence-electron chi connectivity index (χ4n) is 8.31. The van der Waals surface area contributed by atoms with Gasteiger partial charge in [0, 0.05) is 6.54 Å². The summed E-state index contributed by atoms with van der Waals surface area (Å²) in [6.07, 6.45) is 38.1. The largest absolute Gasteiger partial charge is 0.462 e. The van der Waals surface area contributed by atoms with E-state index < -0.39 is 10.8 Å². The minimum absolute atomic E-state index is 0.0369. The highest BCUT2D eigenvalue weighted by Gasteiger charge is 2.32. The van der Waals surface area contributed by atoms with Crippen LogP contribution in [0.15, 0.2) is 0 Å². The van der Waals surface area contributed by atoms with Crippen LogP contribution >= 0.6 is 0 Å². The molecule has 0 aromatic heterocycles. The maximum atomic E-state index is 13.5. The van der Waals surface area contributed by atoms with Crippen molar-refractivity contribution in [1.82, 2.24) is 4.90 Å². The Morgan fingerprint density at radius 2 is 0.656 bits per heavy atom. The van der Waals surface area contributed by atoms with E-state index in [9.17, 15) is 14.4 Å². The number of carbonyl (C=O) groups is 3. The van der Waals surface area contributed by atoms with Crippen LogP contribution in [-0.4, -0.2) is 61.8 Å². The van der Waals surface area contributed by atoms with Crippen LogP contribution in [0.2, 0.25) is 0 Å². The summed E-state index contributed by atoms with van der Waals surface area (Å²) in [7, 11) is 3.96. The molecule has 0 radical (unpaired) electrons. The van der Waals surface area contributed by atoms with Gasteiger partial charge in [0.2, 0.25) is 0 Å². The second-order valence-electron chi connectivity index (χ2n) is 20.5. The fraction of sp³-hybridized carbons (Fsp3) is 0.944. The summed E-state index contributed by atoms with van der Waals surface area (Å²) in [5, 5.41) is 0. The zero-order valence-electron chi connectivity index (χ0n) is 42.6. The van der Waals surface area contributed by atoms with Crippen LogP contribution < -0.4 is 0 Å². The third-order valence-electron chi connectivity index (χ3n) is 12.9. The lowest BCUT2D eigenvalue weighted by Gasteiger charge is -2.27. The molecule has 0 aliphatic heterocycles. The van der Waals surface area contributed by atoms with Crippen LogP contribution in [0, 0.1) is 10.8 Å². The Morgan fingerprint density at radius 1 is 0.393 bits per heavy atom. The van der Waals surface area contributed by atoms with Gasteiger partial charge in [0.05, 0.1) is 17.3 Å². The minimum Gasteiger partial charge on any atom is -0.462 e. The SMILES string of the molecule is CCCCCCCCC(CCCCCC)OC(=O)C(C)(C)CCCCCC(CCCCCC(C)(C)C(=O)OC(CCCCCC)CCCCCCCC)OC(=O)CCN(C)C. The van der Waals surface area contributed by atoms with Gasteiger partial charge in [0.15, 0.2) is 0 Å². The first-order valence-corrected chi connectivity index (χ1v) is 26.5. The monoisotopic (exact) mass is 864 g/mol. The van der Waals surface area contributed by atoms with Gasteiger partial charge in [0.25, 0.3) is 0 Å². The average molecular weight is 864 g/mol. The van der Waals surface area contributed by atoms with Gasteiger partial charge < -0.3 is 19.1 Å². The van der Waals surface area contributed by atoms with E-state index in [0.29, 0.717) is 13.0 Å². The Labute approximate surface area is 380 Å². The molecule has 2 atom stereocenters. The van der Waals surface area contributed by atoms with Crippen molar-refractivity contribution in [1.29, 1.82) is 0 Å². The Bertz CT molecular complexity index is 973. The highest BCUT2D eigenvalue weighted by Crippen LogP contribution is 2.30. The Balaban J connectivity index is 5.05. The van der Waals surface area contributed by atoms with Crippen molar-refractivity contribution in [3.05, 3.63) is 0 Å². The first kappa shape index (κ1) is 59.4. The molecular weight excluding hydrogens is 759 g/mol. The van der Waals surface area contributed by atoms with Gasteiger partial charge in [-0.15, -0.1) is 0 Å². The van der Waals surface area contributed by atoms with Crippen molar-refractivity contribution in [2.45, 2.75) is 298 Å². The molecule has 0 fully saturated rings. The van der Waals surface area contributed by atoms with Gasteiger partial charge in [-0.25, -0.2) is 0 Å². The molecule has 0 spiro atoms. The molecule has 2 unspecified atom stereocenters. The summed E-state index contributed by atoms with van der Waals surface area (Å²) in [5.41, 5.74) is -1.02. The molecule has 0 amide bonds. The molecule has 0 rings (SSSR count). The van der Waals surface area contributed by atoms with E-state index >= 15 is 0 Å². The van der Waals surface area contributed by atoms with Crippen LogP contribution in [0.25, 0.3) is 0 Å². The Hall–Kier alpha value is -1.63. The van der Waals surface area contributed by atoms with Gasteiger partial charge in [-0.2, -0.15) is 0 Å². The molecule has 0 aliphatic rings. The molecular formula is C54H105NO6. The van der Waals surface area contributed by atoms with Crippen molar-refractivity contribution in [3.63, 3.8) is 0 Å². The molecule has 0 aromatic carbocycles. The third-order valence-corrected chi connectivity index (χ3v) is 12.9. The molecule has 0 saturated carbocycles. The second kappa shape index (κ2) is 38.8. The summed E-state index contributed by atoms with van der Waals surface area (Å²) < 4.78 is 18.5. The van der Waals surface area contributed by atoms with Gasteiger partial charge in [-0.3, -0.25) is 14.4 Å². The molecule has 0 heterocycles. The maximum absolute atomic E-state index is 13.5. The quantitative estimate of drug-likeness (QED) is 0.0343. The molecule has 0 bridgehead atoms. The predicted molar refractivity (Wildman–Crippen MR) is 260 cm³/mol. The smallest absolute Gasteiger partial charge is 0.311 e. The number of hydrogen-bond donors (Lipinski definition) is 0. The normalized spacial score (nSPS) is 13.6. The minimum atomic E-state index is -0.509. The first-order valence-electron chi connectivity index (χ1n) is 26.5. The van der Waals surface area contributed by atoms with Crippen LogP contribution in [0.5, 0.6) is 0 Å². The molecule has 0 saturated heterocycles. The second-order valence-corrected chi connectivity index (χ2v) is 20.5. The number of carbonyl (C=O) groups excluding carboxylic acids is 3. The van der Waals surface area contributed by atoms with Crippen LogP contribution in [-0.2, 0) is 28.6 Å². The van der Waals surface area contributed by atoms with E-state index in [0.717, 1.165) is 116 Å². The lowest BCUT2D eigenvalue weighted by molar-refractivity contribution is -0.161. The fourth-order valence-corrected chi connectivity index (χ4v) is 8.31. The standard InChI is InChI=1S/C54H105NO6/c1-11-15-19-23-25-31-41-48(39-29-21-17-13-3)60-51(57)53(5,6)44-35-27-33-37-47(59-50(56)43-46-55(9)10)38-34-28-36-45-54(7,8)52(58)61-49(40-30-22-18-14-4)42-32-26-24-20-16-12-2/h47-49H,11-46H2,1-10H3. The summed E-state index contributed by atoms with van der Waals surface area (Å²) in [6, 6.07) is 0. The summed E-state index contributed by atoms with van der Waals surface area (Å²) in [6.45, 7) is 17.9. The highest BCUT2D eigenvalue weighted by molar-refractivity contribution is 5.76. The molecule has 61 heavy (non-hydrogen) atoms. The number of ether oxygens (including phenoxy) is 3. The lowest BCUT2D eigenvalue weighted by atomic mass is 9.86. The zero-order chi connectivity index (χ0) is 45.6. The zero-order valence-corrected chi connectivity index (χ0v) is 42.6. The topological polar surface area (TPSA) is 82.1 Å². The van der Waals surface area contributed by atoms with E-state index in [2.05, 4.69) is 27.7 Å². The summed E-state index contributed by atoms with van der Waals surface area (Å²) >= 11 is 0. The molecule has 7 heteroatoms. The number of nitrogens with zero attached hydrogens (tertiary/aromatic N) is 1. The van der Waals surface area contributed by atoms with Crippen molar-refractivity contribution in [3.8, 4) is 0 Å².